The van der Waals surface area contributed by atoms with Gasteiger partial charge in [0.15, 0.2) is 6.10 Å². The summed E-state index contributed by atoms with van der Waals surface area (Å²) in [4.78, 5) is 17.0. The van der Waals surface area contributed by atoms with Crippen molar-refractivity contribution in [3.63, 3.8) is 0 Å². The molecule has 0 saturated carbocycles. The Bertz CT molecular complexity index is 654. The quantitative estimate of drug-likeness (QED) is 0.912. The number of nitrogens with zero attached hydrogens (tertiary/aromatic N) is 1. The van der Waals surface area contributed by atoms with Gasteiger partial charge in [0.05, 0.1) is 17.2 Å². The molecule has 0 saturated heterocycles. The van der Waals surface area contributed by atoms with Gasteiger partial charge in [0.2, 0.25) is 0 Å². The van der Waals surface area contributed by atoms with Gasteiger partial charge >= 0.3 is 0 Å². The second-order valence-corrected chi connectivity index (χ2v) is 5.98. The van der Waals surface area contributed by atoms with Crippen LogP contribution in [0.1, 0.15) is 16.8 Å². The normalized spacial score (nSPS) is 17.1. The molecule has 0 aliphatic carbocycles. The molecule has 6 heteroatoms. The zero-order chi connectivity index (χ0) is 14.1. The molecule has 0 radical (unpaired) electrons. The number of ether oxygens (including phenoxy) is 1. The molecule has 2 heterocycles. The van der Waals surface area contributed by atoms with E-state index in [2.05, 4.69) is 15.6 Å². The van der Waals surface area contributed by atoms with E-state index in [1.165, 1.54) is 4.88 Å². The van der Waals surface area contributed by atoms with Crippen LogP contribution in [-0.4, -0.2) is 17.0 Å². The summed E-state index contributed by atoms with van der Waals surface area (Å²) in [6.07, 6.45) is 1.43. The van der Waals surface area contributed by atoms with E-state index in [1.807, 2.05) is 31.3 Å². The summed E-state index contributed by atoms with van der Waals surface area (Å²) < 4.78 is 5.52. The number of fused-ring (bicyclic) bond motifs is 1. The van der Waals surface area contributed by atoms with Crippen LogP contribution in [0.15, 0.2) is 24.4 Å². The van der Waals surface area contributed by atoms with E-state index < -0.39 is 6.10 Å². The van der Waals surface area contributed by atoms with Crippen molar-refractivity contribution >= 4 is 28.6 Å². The molecule has 2 aromatic rings. The Hall–Kier alpha value is -2.08. The molecular formula is C14H15N3O2S. The number of anilines is 2. The van der Waals surface area contributed by atoms with Crippen LogP contribution in [0, 0.1) is 6.92 Å². The smallest absolute Gasteiger partial charge is 0.265 e. The van der Waals surface area contributed by atoms with Crippen LogP contribution in [0.2, 0.25) is 0 Å². The molecule has 5 nitrogen and oxygen atoms in total. The maximum atomic E-state index is 11.6. The van der Waals surface area contributed by atoms with Gasteiger partial charge in [0, 0.05) is 16.8 Å². The molecule has 0 spiro atoms. The van der Waals surface area contributed by atoms with E-state index in [4.69, 9.17) is 4.74 Å². The van der Waals surface area contributed by atoms with Gasteiger partial charge in [-0.3, -0.25) is 4.79 Å². The van der Waals surface area contributed by atoms with Gasteiger partial charge in [0.1, 0.15) is 5.75 Å². The van der Waals surface area contributed by atoms with Crippen molar-refractivity contribution in [2.24, 2.45) is 0 Å². The number of aryl methyl sites for hydroxylation is 1. The second-order valence-electron chi connectivity index (χ2n) is 4.66. The third-order valence-electron chi connectivity index (χ3n) is 3.05. The Morgan fingerprint density at radius 2 is 2.35 bits per heavy atom. The van der Waals surface area contributed by atoms with Gasteiger partial charge in [-0.25, -0.2) is 4.98 Å². The predicted molar refractivity (Wildman–Crippen MR) is 79.3 cm³/mol. The Labute approximate surface area is 121 Å². The van der Waals surface area contributed by atoms with Crippen molar-refractivity contribution in [3.8, 4) is 5.75 Å². The fourth-order valence-electron chi connectivity index (χ4n) is 1.99. The summed E-state index contributed by atoms with van der Waals surface area (Å²) in [6, 6.07) is 5.69. The molecule has 3 rings (SSSR count). The highest BCUT2D eigenvalue weighted by atomic mass is 32.1. The number of benzene rings is 1. The van der Waals surface area contributed by atoms with E-state index >= 15 is 0 Å². The molecule has 1 aliphatic heterocycles. The number of amides is 1. The van der Waals surface area contributed by atoms with E-state index in [0.29, 0.717) is 11.4 Å². The van der Waals surface area contributed by atoms with Crippen molar-refractivity contribution in [3.05, 3.63) is 34.3 Å². The highest BCUT2D eigenvalue weighted by Crippen LogP contribution is 2.32. The predicted octanol–water partition coefficient (Wildman–Crippen LogP) is 2.78. The maximum Gasteiger partial charge on any atom is 0.265 e. The summed E-state index contributed by atoms with van der Waals surface area (Å²) in [6.45, 7) is 4.44. The number of hydrogen-bond donors (Lipinski definition) is 2. The Morgan fingerprint density at radius 3 is 3.10 bits per heavy atom. The lowest BCUT2D eigenvalue weighted by Crippen LogP contribution is -2.34. The monoisotopic (exact) mass is 289 g/mol. The minimum Gasteiger partial charge on any atom is -0.479 e. The lowest BCUT2D eigenvalue weighted by Gasteiger charge is -2.23. The minimum absolute atomic E-state index is 0.118. The highest BCUT2D eigenvalue weighted by Gasteiger charge is 2.23. The fourth-order valence-corrected chi connectivity index (χ4v) is 2.73. The summed E-state index contributed by atoms with van der Waals surface area (Å²) >= 11 is 1.67. The van der Waals surface area contributed by atoms with E-state index in [1.54, 1.807) is 18.3 Å². The summed E-state index contributed by atoms with van der Waals surface area (Å²) in [5, 5.41) is 7.21. The van der Waals surface area contributed by atoms with E-state index in [0.717, 1.165) is 17.2 Å². The van der Waals surface area contributed by atoms with Crippen LogP contribution < -0.4 is 15.4 Å². The topological polar surface area (TPSA) is 63.2 Å². The summed E-state index contributed by atoms with van der Waals surface area (Å²) in [5.41, 5.74) is 1.65. The molecule has 2 N–H and O–H groups in total. The van der Waals surface area contributed by atoms with Gasteiger partial charge in [-0.15, -0.1) is 11.3 Å². The number of nitrogens with one attached hydrogen (secondary N) is 2. The van der Waals surface area contributed by atoms with Crippen LogP contribution >= 0.6 is 11.3 Å². The fraction of sp³-hybridized carbons (Fsp3) is 0.286. The lowest BCUT2D eigenvalue weighted by molar-refractivity contribution is -0.122. The number of aromatic nitrogens is 1. The standard InChI is InChI=1S/C14H15N3O2S/c1-8-14(18)17-12-5-10(3-4-13(12)19-8)16-7-11-6-15-9(2)20-11/h3-6,8,16H,7H2,1-2H3,(H,17,18). The van der Waals surface area contributed by atoms with E-state index in [-0.39, 0.29) is 5.91 Å². The van der Waals surface area contributed by atoms with Crippen LogP contribution in [0.5, 0.6) is 5.75 Å². The second kappa shape index (κ2) is 5.13. The number of carbonyl (C=O) groups is 1. The van der Waals surface area contributed by atoms with Gasteiger partial charge in [-0.05, 0) is 32.0 Å². The zero-order valence-electron chi connectivity index (χ0n) is 11.3. The molecule has 1 unspecified atom stereocenters. The Morgan fingerprint density at radius 1 is 1.50 bits per heavy atom. The molecule has 104 valence electrons. The number of rotatable bonds is 3. The zero-order valence-corrected chi connectivity index (χ0v) is 12.1. The van der Waals surface area contributed by atoms with Crippen LogP contribution in [0.4, 0.5) is 11.4 Å². The molecule has 1 amide bonds. The van der Waals surface area contributed by atoms with Crippen LogP contribution in [0.3, 0.4) is 0 Å². The molecule has 0 bridgehead atoms. The molecule has 20 heavy (non-hydrogen) atoms. The first-order chi connectivity index (χ1) is 9.61. The van der Waals surface area contributed by atoms with Crippen molar-refractivity contribution < 1.29 is 9.53 Å². The molecule has 1 atom stereocenters. The SMILES string of the molecule is Cc1ncc(CNc2ccc3c(c2)NC(=O)C(C)O3)s1. The number of thiazole rings is 1. The minimum atomic E-state index is -0.443. The van der Waals surface area contributed by atoms with Gasteiger partial charge in [-0.2, -0.15) is 0 Å². The van der Waals surface area contributed by atoms with Crippen molar-refractivity contribution in [1.29, 1.82) is 0 Å². The largest absolute Gasteiger partial charge is 0.479 e. The van der Waals surface area contributed by atoms with Gasteiger partial charge in [0.25, 0.3) is 5.91 Å². The van der Waals surface area contributed by atoms with Gasteiger partial charge < -0.3 is 15.4 Å². The molecule has 1 aromatic heterocycles. The summed E-state index contributed by atoms with van der Waals surface area (Å²) in [5.74, 6) is 0.587. The first-order valence-corrected chi connectivity index (χ1v) is 7.20. The van der Waals surface area contributed by atoms with Crippen molar-refractivity contribution in [2.75, 3.05) is 10.6 Å². The molecule has 1 aliphatic rings. The first-order valence-electron chi connectivity index (χ1n) is 6.38. The third kappa shape index (κ3) is 2.60. The Kier molecular flexibility index (Phi) is 3.31. The van der Waals surface area contributed by atoms with Crippen molar-refractivity contribution in [2.45, 2.75) is 26.5 Å². The molecular weight excluding hydrogens is 274 g/mol. The van der Waals surface area contributed by atoms with Gasteiger partial charge in [-0.1, -0.05) is 0 Å². The van der Waals surface area contributed by atoms with E-state index in [9.17, 15) is 4.79 Å². The van der Waals surface area contributed by atoms with Crippen LogP contribution in [-0.2, 0) is 11.3 Å². The third-order valence-corrected chi connectivity index (χ3v) is 3.96. The average Bonchev–Trinajstić information content (AvgIpc) is 2.84. The molecule has 0 fully saturated rings. The average molecular weight is 289 g/mol. The maximum absolute atomic E-state index is 11.6. The highest BCUT2D eigenvalue weighted by molar-refractivity contribution is 7.11. The molecule has 1 aromatic carbocycles. The van der Waals surface area contributed by atoms with Crippen LogP contribution in [0.25, 0.3) is 0 Å². The first kappa shape index (κ1) is 12.9. The number of carbonyl (C=O) groups excluding carboxylic acids is 1. The summed E-state index contributed by atoms with van der Waals surface area (Å²) in [7, 11) is 0. The Balaban J connectivity index is 1.72. The lowest BCUT2D eigenvalue weighted by atomic mass is 10.2. The number of hydrogen-bond acceptors (Lipinski definition) is 5. The van der Waals surface area contributed by atoms with Crippen molar-refractivity contribution in [1.82, 2.24) is 4.98 Å².